The fourth-order valence-corrected chi connectivity index (χ4v) is 2.58. The molecule has 0 spiro atoms. The molecule has 2 aromatic carbocycles. The molecular weight excluding hydrogens is 318 g/mol. The molecule has 5 heteroatoms. The minimum absolute atomic E-state index is 0.278. The number of rotatable bonds is 8. The van der Waals surface area contributed by atoms with Crippen LogP contribution in [0.3, 0.4) is 0 Å². The van der Waals surface area contributed by atoms with Crippen molar-refractivity contribution in [3.63, 3.8) is 0 Å². The quantitative estimate of drug-likeness (QED) is 0.450. The second kappa shape index (κ2) is 9.18. The molecule has 0 saturated carbocycles. The number of nitrogens with one attached hydrogen (secondary N) is 1. The van der Waals surface area contributed by atoms with Gasteiger partial charge in [-0.1, -0.05) is 39.0 Å². The van der Waals surface area contributed by atoms with E-state index in [1.165, 1.54) is 0 Å². The molecule has 0 heterocycles. The molecule has 0 unspecified atom stereocenters. The average Bonchev–Trinajstić information content (AvgIpc) is 2.61. The molecular formula is C20H25NO4. The fourth-order valence-electron chi connectivity index (χ4n) is 2.58. The minimum Gasteiger partial charge on any atom is -0.426 e. The van der Waals surface area contributed by atoms with E-state index in [0.717, 1.165) is 35.8 Å². The lowest BCUT2D eigenvalue weighted by Gasteiger charge is -2.14. The Labute approximate surface area is 148 Å². The number of hydrogen-bond acceptors (Lipinski definition) is 5. The third-order valence-corrected chi connectivity index (χ3v) is 3.85. The van der Waals surface area contributed by atoms with Crippen molar-refractivity contribution in [3.8, 4) is 11.5 Å². The number of fused-ring (bicyclic) bond motifs is 1. The van der Waals surface area contributed by atoms with Crippen LogP contribution in [0, 0.1) is 0 Å². The Hall–Kier alpha value is -2.40. The van der Waals surface area contributed by atoms with E-state index in [1.807, 2.05) is 24.3 Å². The lowest BCUT2D eigenvalue weighted by molar-refractivity contribution is -0.134. The lowest BCUT2D eigenvalue weighted by Crippen LogP contribution is -2.16. The van der Waals surface area contributed by atoms with Crippen molar-refractivity contribution in [1.29, 1.82) is 0 Å². The zero-order chi connectivity index (χ0) is 18.2. The van der Waals surface area contributed by atoms with E-state index >= 15 is 0 Å². The van der Waals surface area contributed by atoms with Crippen LogP contribution in [0.5, 0.6) is 11.5 Å². The molecule has 2 aromatic rings. The van der Waals surface area contributed by atoms with E-state index < -0.39 is 0 Å². The zero-order valence-corrected chi connectivity index (χ0v) is 15.1. The van der Waals surface area contributed by atoms with Gasteiger partial charge in [0.2, 0.25) is 0 Å². The lowest BCUT2D eigenvalue weighted by atomic mass is 10.0. The molecule has 0 fully saturated rings. The predicted octanol–water partition coefficient (Wildman–Crippen LogP) is 3.62. The van der Waals surface area contributed by atoms with Crippen LogP contribution in [0.2, 0.25) is 0 Å². The van der Waals surface area contributed by atoms with E-state index in [2.05, 4.69) is 12.2 Å². The van der Waals surface area contributed by atoms with E-state index in [1.54, 1.807) is 19.9 Å². The van der Waals surface area contributed by atoms with Gasteiger partial charge < -0.3 is 14.8 Å². The number of hydrogen-bond donors (Lipinski definition) is 1. The van der Waals surface area contributed by atoms with Gasteiger partial charge in [0.05, 0.1) is 0 Å². The summed E-state index contributed by atoms with van der Waals surface area (Å²) in [5.74, 6) is 0.189. The molecule has 25 heavy (non-hydrogen) atoms. The third-order valence-electron chi connectivity index (χ3n) is 3.85. The van der Waals surface area contributed by atoms with Crippen LogP contribution < -0.4 is 14.8 Å². The molecule has 0 radical (unpaired) electrons. The smallest absolute Gasteiger partial charge is 0.310 e. The van der Waals surface area contributed by atoms with Crippen molar-refractivity contribution >= 4 is 22.7 Å². The van der Waals surface area contributed by atoms with Gasteiger partial charge in [-0.3, -0.25) is 9.59 Å². The van der Waals surface area contributed by atoms with Gasteiger partial charge in [0, 0.05) is 24.3 Å². The SMILES string of the molecule is CCNCCc1cccc2cc(OC(=O)CC)cc(OC(=O)CC)c12. The van der Waals surface area contributed by atoms with Crippen LogP contribution in [0.4, 0.5) is 0 Å². The first-order valence-corrected chi connectivity index (χ1v) is 8.76. The van der Waals surface area contributed by atoms with Crippen LogP contribution in [0.1, 0.15) is 39.2 Å². The predicted molar refractivity (Wildman–Crippen MR) is 98.0 cm³/mol. The molecule has 5 nitrogen and oxygen atoms in total. The maximum Gasteiger partial charge on any atom is 0.310 e. The third kappa shape index (κ3) is 5.03. The molecule has 0 aliphatic carbocycles. The van der Waals surface area contributed by atoms with Gasteiger partial charge in [-0.15, -0.1) is 0 Å². The van der Waals surface area contributed by atoms with Gasteiger partial charge in [0.15, 0.2) is 0 Å². The number of ether oxygens (including phenoxy) is 2. The van der Waals surface area contributed by atoms with Crippen LogP contribution in [0.15, 0.2) is 30.3 Å². The highest BCUT2D eigenvalue weighted by Gasteiger charge is 2.14. The standard InChI is InChI=1S/C20H25NO4/c1-4-18(22)24-16-12-15-9-7-8-14(10-11-21-6-3)20(15)17(13-16)25-19(23)5-2/h7-9,12-13,21H,4-6,10-11H2,1-3H3. The summed E-state index contributed by atoms with van der Waals surface area (Å²) in [6, 6.07) is 9.35. The molecule has 1 N–H and O–H groups in total. The van der Waals surface area contributed by atoms with Gasteiger partial charge in [-0.25, -0.2) is 0 Å². The van der Waals surface area contributed by atoms with E-state index in [0.29, 0.717) is 11.5 Å². The summed E-state index contributed by atoms with van der Waals surface area (Å²) < 4.78 is 10.9. The average molecular weight is 343 g/mol. The van der Waals surface area contributed by atoms with Gasteiger partial charge in [0.1, 0.15) is 11.5 Å². The first-order valence-electron chi connectivity index (χ1n) is 8.76. The molecule has 134 valence electrons. The molecule has 0 aliphatic rings. The van der Waals surface area contributed by atoms with E-state index in [9.17, 15) is 9.59 Å². The minimum atomic E-state index is -0.324. The summed E-state index contributed by atoms with van der Waals surface area (Å²) in [5.41, 5.74) is 1.09. The van der Waals surface area contributed by atoms with Gasteiger partial charge >= 0.3 is 11.9 Å². The largest absolute Gasteiger partial charge is 0.426 e. The topological polar surface area (TPSA) is 64.6 Å². The first-order chi connectivity index (χ1) is 12.1. The molecule has 0 amide bonds. The zero-order valence-electron chi connectivity index (χ0n) is 15.1. The van der Waals surface area contributed by atoms with Crippen LogP contribution in [0.25, 0.3) is 10.8 Å². The highest BCUT2D eigenvalue weighted by molar-refractivity contribution is 5.95. The fraction of sp³-hybridized carbons (Fsp3) is 0.400. The molecule has 2 rings (SSSR count). The van der Waals surface area contributed by atoms with Crippen LogP contribution in [-0.2, 0) is 16.0 Å². The Kier molecular flexibility index (Phi) is 6.95. The van der Waals surface area contributed by atoms with Gasteiger partial charge in [-0.05, 0) is 36.5 Å². The number of esters is 2. The number of carbonyl (C=O) groups excluding carboxylic acids is 2. The van der Waals surface area contributed by atoms with E-state index in [-0.39, 0.29) is 24.8 Å². The van der Waals surface area contributed by atoms with Crippen LogP contribution in [-0.4, -0.2) is 25.0 Å². The molecule has 0 aliphatic heterocycles. The Balaban J connectivity index is 2.49. The van der Waals surface area contributed by atoms with Crippen molar-refractivity contribution in [2.45, 2.75) is 40.0 Å². The molecule has 0 aromatic heterocycles. The summed E-state index contributed by atoms with van der Waals surface area (Å²) >= 11 is 0. The molecule has 0 saturated heterocycles. The highest BCUT2D eigenvalue weighted by atomic mass is 16.5. The number of carbonyl (C=O) groups is 2. The molecule has 0 atom stereocenters. The van der Waals surface area contributed by atoms with Crippen molar-refractivity contribution in [2.24, 2.45) is 0 Å². The summed E-state index contributed by atoms with van der Waals surface area (Å²) in [7, 11) is 0. The Bertz CT molecular complexity index is 755. The van der Waals surface area contributed by atoms with Gasteiger partial charge in [0.25, 0.3) is 0 Å². The first kappa shape index (κ1) is 18.9. The maximum atomic E-state index is 11.8. The number of likely N-dealkylation sites (N-methyl/N-ethyl adjacent to an activating group) is 1. The second-order valence-corrected chi connectivity index (χ2v) is 5.70. The van der Waals surface area contributed by atoms with Crippen molar-refractivity contribution in [3.05, 3.63) is 35.9 Å². The van der Waals surface area contributed by atoms with Crippen molar-refractivity contribution < 1.29 is 19.1 Å². The summed E-state index contributed by atoms with van der Waals surface area (Å²) in [6.45, 7) is 7.28. The Morgan fingerprint density at radius 3 is 2.40 bits per heavy atom. The summed E-state index contributed by atoms with van der Waals surface area (Å²) in [5, 5.41) is 5.07. The Morgan fingerprint density at radius 1 is 1.00 bits per heavy atom. The van der Waals surface area contributed by atoms with Crippen molar-refractivity contribution in [1.82, 2.24) is 5.32 Å². The van der Waals surface area contributed by atoms with E-state index in [4.69, 9.17) is 9.47 Å². The number of benzene rings is 2. The van der Waals surface area contributed by atoms with Gasteiger partial charge in [-0.2, -0.15) is 0 Å². The highest BCUT2D eigenvalue weighted by Crippen LogP contribution is 2.34. The second-order valence-electron chi connectivity index (χ2n) is 5.70. The van der Waals surface area contributed by atoms with Crippen molar-refractivity contribution in [2.75, 3.05) is 13.1 Å². The maximum absolute atomic E-state index is 11.8. The summed E-state index contributed by atoms with van der Waals surface area (Å²) in [6.07, 6.45) is 1.38. The van der Waals surface area contributed by atoms with Crippen LogP contribution >= 0.6 is 0 Å². The monoisotopic (exact) mass is 343 g/mol. The Morgan fingerprint density at radius 2 is 1.72 bits per heavy atom. The molecule has 0 bridgehead atoms. The summed E-state index contributed by atoms with van der Waals surface area (Å²) in [4.78, 5) is 23.5. The normalized spacial score (nSPS) is 10.7.